The molecule has 0 fully saturated rings. The highest BCUT2D eigenvalue weighted by atomic mass is 127. The van der Waals surface area contributed by atoms with Crippen molar-refractivity contribution in [1.82, 2.24) is 10.6 Å². The van der Waals surface area contributed by atoms with Crippen molar-refractivity contribution in [3.05, 3.63) is 65.5 Å². The summed E-state index contributed by atoms with van der Waals surface area (Å²) in [5.41, 5.74) is 3.47. The minimum Gasteiger partial charge on any atom is -0.378 e. The second kappa shape index (κ2) is 11.7. The van der Waals surface area contributed by atoms with Crippen molar-refractivity contribution in [2.45, 2.75) is 19.9 Å². The van der Waals surface area contributed by atoms with Gasteiger partial charge in [-0.1, -0.05) is 24.3 Å². The Balaban J connectivity index is 0.00000338. The fourth-order valence-corrected chi connectivity index (χ4v) is 2.39. The summed E-state index contributed by atoms with van der Waals surface area (Å²) >= 11 is 0. The average Bonchev–Trinajstić information content (AvgIpc) is 2.61. The Labute approximate surface area is 172 Å². The van der Waals surface area contributed by atoms with E-state index in [0.717, 1.165) is 31.0 Å². The number of benzene rings is 2. The zero-order valence-electron chi connectivity index (χ0n) is 15.6. The minimum atomic E-state index is -0.224. The van der Waals surface area contributed by atoms with Gasteiger partial charge in [-0.25, -0.2) is 9.38 Å². The van der Waals surface area contributed by atoms with Crippen LogP contribution >= 0.6 is 24.0 Å². The van der Waals surface area contributed by atoms with Gasteiger partial charge in [0.2, 0.25) is 0 Å². The smallest absolute Gasteiger partial charge is 0.191 e. The highest BCUT2D eigenvalue weighted by molar-refractivity contribution is 14.0. The van der Waals surface area contributed by atoms with Crippen molar-refractivity contribution in [1.29, 1.82) is 0 Å². The molecule has 2 N–H and O–H groups in total. The van der Waals surface area contributed by atoms with Gasteiger partial charge in [0.1, 0.15) is 5.82 Å². The van der Waals surface area contributed by atoms with Crippen molar-refractivity contribution in [3.8, 4) is 0 Å². The highest BCUT2D eigenvalue weighted by Crippen LogP contribution is 2.12. The van der Waals surface area contributed by atoms with Gasteiger partial charge in [-0.15, -0.1) is 24.0 Å². The number of halogens is 2. The second-order valence-electron chi connectivity index (χ2n) is 6.06. The van der Waals surface area contributed by atoms with Gasteiger partial charge in [0.25, 0.3) is 0 Å². The summed E-state index contributed by atoms with van der Waals surface area (Å²) in [5, 5.41) is 6.58. The van der Waals surface area contributed by atoms with Gasteiger partial charge < -0.3 is 15.5 Å². The molecule has 0 aliphatic carbocycles. The quantitative estimate of drug-likeness (QED) is 0.368. The van der Waals surface area contributed by atoms with E-state index in [2.05, 4.69) is 44.8 Å². The molecular weight excluding hydrogens is 442 g/mol. The number of guanidine groups is 1. The maximum atomic E-state index is 12.9. The van der Waals surface area contributed by atoms with Crippen LogP contribution in [-0.4, -0.2) is 33.1 Å². The molecule has 0 heterocycles. The fraction of sp³-hybridized carbons (Fsp3) is 0.350. The molecule has 0 atom stereocenters. The molecule has 0 spiro atoms. The molecule has 0 aliphatic rings. The first-order chi connectivity index (χ1) is 12.1. The van der Waals surface area contributed by atoms with Gasteiger partial charge in [0.05, 0.1) is 6.54 Å². The van der Waals surface area contributed by atoms with Crippen LogP contribution in [0.2, 0.25) is 0 Å². The van der Waals surface area contributed by atoms with Gasteiger partial charge in [-0.2, -0.15) is 0 Å². The van der Waals surface area contributed by atoms with Crippen molar-refractivity contribution >= 4 is 35.6 Å². The van der Waals surface area contributed by atoms with E-state index in [1.807, 2.05) is 21.0 Å². The summed E-state index contributed by atoms with van der Waals surface area (Å²) in [6.45, 7) is 4.16. The van der Waals surface area contributed by atoms with Crippen molar-refractivity contribution in [2.75, 3.05) is 32.1 Å². The Morgan fingerprint density at radius 3 is 2.15 bits per heavy atom. The lowest BCUT2D eigenvalue weighted by Crippen LogP contribution is -2.38. The van der Waals surface area contributed by atoms with E-state index in [1.165, 1.54) is 23.4 Å². The lowest BCUT2D eigenvalue weighted by atomic mass is 10.1. The zero-order valence-corrected chi connectivity index (χ0v) is 18.0. The molecule has 0 aromatic heterocycles. The van der Waals surface area contributed by atoms with Crippen molar-refractivity contribution in [3.63, 3.8) is 0 Å². The van der Waals surface area contributed by atoms with E-state index in [4.69, 9.17) is 0 Å². The van der Waals surface area contributed by atoms with Crippen LogP contribution in [0.5, 0.6) is 0 Å². The van der Waals surface area contributed by atoms with Crippen LogP contribution in [0.25, 0.3) is 0 Å². The lowest BCUT2D eigenvalue weighted by molar-refractivity contribution is 0.627. The number of hydrogen-bond donors (Lipinski definition) is 2. The second-order valence-corrected chi connectivity index (χ2v) is 6.06. The summed E-state index contributed by atoms with van der Waals surface area (Å²) in [6, 6.07) is 15.0. The first kappa shape index (κ1) is 22.2. The molecule has 6 heteroatoms. The first-order valence-corrected chi connectivity index (χ1v) is 8.61. The molecule has 0 amide bonds. The Bertz CT molecular complexity index is 669. The molecule has 2 aromatic rings. The summed E-state index contributed by atoms with van der Waals surface area (Å²) in [4.78, 5) is 6.64. The van der Waals surface area contributed by atoms with E-state index in [1.54, 1.807) is 12.1 Å². The molecule has 0 saturated carbocycles. The number of hydrogen-bond acceptors (Lipinski definition) is 2. The topological polar surface area (TPSA) is 39.7 Å². The maximum absolute atomic E-state index is 12.9. The van der Waals surface area contributed by atoms with E-state index in [0.29, 0.717) is 6.54 Å². The molecule has 0 saturated heterocycles. The summed E-state index contributed by atoms with van der Waals surface area (Å²) < 4.78 is 12.9. The molecular formula is C20H28FIN4. The van der Waals surface area contributed by atoms with E-state index >= 15 is 0 Å². The molecule has 0 unspecified atom stereocenters. The maximum Gasteiger partial charge on any atom is 0.191 e. The van der Waals surface area contributed by atoms with Gasteiger partial charge in [0, 0.05) is 32.9 Å². The van der Waals surface area contributed by atoms with Crippen LogP contribution in [0.3, 0.4) is 0 Å². The van der Waals surface area contributed by atoms with Gasteiger partial charge >= 0.3 is 0 Å². The Morgan fingerprint density at radius 2 is 1.58 bits per heavy atom. The average molecular weight is 470 g/mol. The van der Waals surface area contributed by atoms with Crippen LogP contribution in [0, 0.1) is 5.82 Å². The summed E-state index contributed by atoms with van der Waals surface area (Å²) in [6.07, 6.45) is 0.925. The van der Waals surface area contributed by atoms with Gasteiger partial charge in [-0.05, 0) is 48.7 Å². The number of rotatable bonds is 7. The monoisotopic (exact) mass is 470 g/mol. The predicted octanol–water partition coefficient (Wildman–Crippen LogP) is 3.81. The summed E-state index contributed by atoms with van der Waals surface area (Å²) in [5.74, 6) is 0.551. The number of aliphatic imine (C=N–C) groups is 1. The van der Waals surface area contributed by atoms with Gasteiger partial charge in [0.15, 0.2) is 5.96 Å². The van der Waals surface area contributed by atoms with Crippen LogP contribution in [0.15, 0.2) is 53.5 Å². The Kier molecular flexibility index (Phi) is 10.0. The third kappa shape index (κ3) is 7.59. The standard InChI is InChI=1S/C20H27FN4.HI/c1-4-22-20(24-15-17-5-9-18(21)10-6-17)23-14-13-16-7-11-19(12-8-16)25(2)3;/h5-12H,4,13-15H2,1-3H3,(H2,22,23,24);1H. The third-order valence-electron chi connectivity index (χ3n) is 3.84. The van der Waals surface area contributed by atoms with Gasteiger partial charge in [-0.3, -0.25) is 0 Å². The largest absolute Gasteiger partial charge is 0.378 e. The van der Waals surface area contributed by atoms with Crippen LogP contribution in [-0.2, 0) is 13.0 Å². The molecule has 142 valence electrons. The van der Waals surface area contributed by atoms with Crippen molar-refractivity contribution in [2.24, 2.45) is 4.99 Å². The van der Waals surface area contributed by atoms with E-state index in [9.17, 15) is 4.39 Å². The van der Waals surface area contributed by atoms with Crippen molar-refractivity contribution < 1.29 is 4.39 Å². The molecule has 4 nitrogen and oxygen atoms in total. The zero-order chi connectivity index (χ0) is 18.1. The molecule has 0 bridgehead atoms. The fourth-order valence-electron chi connectivity index (χ4n) is 2.39. The summed E-state index contributed by atoms with van der Waals surface area (Å²) in [7, 11) is 4.08. The Morgan fingerprint density at radius 1 is 0.962 bits per heavy atom. The predicted molar refractivity (Wildman–Crippen MR) is 119 cm³/mol. The molecule has 2 aromatic carbocycles. The van der Waals surface area contributed by atoms with E-state index < -0.39 is 0 Å². The normalized spacial score (nSPS) is 10.8. The third-order valence-corrected chi connectivity index (χ3v) is 3.84. The Hall–Kier alpha value is -1.83. The number of anilines is 1. The molecule has 26 heavy (non-hydrogen) atoms. The molecule has 0 radical (unpaired) electrons. The highest BCUT2D eigenvalue weighted by Gasteiger charge is 2.00. The van der Waals surface area contributed by atoms with Crippen LogP contribution in [0.4, 0.5) is 10.1 Å². The minimum absolute atomic E-state index is 0. The van der Waals surface area contributed by atoms with Crippen LogP contribution < -0.4 is 15.5 Å². The van der Waals surface area contributed by atoms with E-state index in [-0.39, 0.29) is 29.8 Å². The molecule has 2 rings (SSSR count). The lowest BCUT2D eigenvalue weighted by Gasteiger charge is -2.14. The number of nitrogens with zero attached hydrogens (tertiary/aromatic N) is 2. The number of nitrogens with one attached hydrogen (secondary N) is 2. The first-order valence-electron chi connectivity index (χ1n) is 8.61. The van der Waals surface area contributed by atoms with Crippen LogP contribution in [0.1, 0.15) is 18.1 Å². The SMILES string of the molecule is CCNC(=NCc1ccc(F)cc1)NCCc1ccc(N(C)C)cc1.I. The molecule has 0 aliphatic heterocycles.